The lowest BCUT2D eigenvalue weighted by Gasteiger charge is -2.30. The summed E-state index contributed by atoms with van der Waals surface area (Å²) in [7, 11) is 0. The molecule has 0 bridgehead atoms. The fourth-order valence-electron chi connectivity index (χ4n) is 2.35. The van der Waals surface area contributed by atoms with Gasteiger partial charge >= 0.3 is 0 Å². The number of rotatable bonds is 6. The minimum Gasteiger partial charge on any atom is -0.469 e. The molecule has 122 valence electrons. The number of hydrazone groups is 1. The summed E-state index contributed by atoms with van der Waals surface area (Å²) in [5.74, 6) is 0.190. The maximum atomic E-state index is 12.3. The van der Waals surface area contributed by atoms with Crippen LogP contribution < -0.4 is 5.43 Å². The van der Waals surface area contributed by atoms with Crippen molar-refractivity contribution in [2.75, 3.05) is 0 Å². The topological polar surface area (TPSA) is 74.9 Å². The van der Waals surface area contributed by atoms with Crippen LogP contribution in [0.2, 0.25) is 0 Å². The third kappa shape index (κ3) is 4.72. The molecule has 0 aromatic carbocycles. The van der Waals surface area contributed by atoms with Gasteiger partial charge in [-0.05, 0) is 47.6 Å². The first-order valence-electron chi connectivity index (χ1n) is 7.42. The minimum atomic E-state index is -0.345. The molecule has 0 fully saturated rings. The largest absolute Gasteiger partial charge is 0.469 e. The van der Waals surface area contributed by atoms with E-state index >= 15 is 0 Å². The number of hydrogen-bond donors (Lipinski definition) is 1. The molecule has 0 spiro atoms. The van der Waals surface area contributed by atoms with Crippen LogP contribution in [-0.2, 0) is 4.79 Å². The van der Waals surface area contributed by atoms with Crippen molar-refractivity contribution in [1.82, 2.24) is 10.3 Å². The molecule has 0 aliphatic carbocycles. The van der Waals surface area contributed by atoms with Crippen molar-refractivity contribution in [3.05, 3.63) is 23.7 Å². The van der Waals surface area contributed by atoms with E-state index in [0.29, 0.717) is 17.0 Å². The quantitative estimate of drug-likeness (QED) is 0.648. The van der Waals surface area contributed by atoms with Crippen LogP contribution >= 0.6 is 0 Å². The van der Waals surface area contributed by atoms with E-state index in [0.717, 1.165) is 0 Å². The number of hydrogen-bond acceptors (Lipinski definition) is 4. The molecule has 0 radical (unpaired) electrons. The van der Waals surface area contributed by atoms with Gasteiger partial charge in [0.25, 0.3) is 5.91 Å². The van der Waals surface area contributed by atoms with Crippen molar-refractivity contribution < 1.29 is 14.0 Å². The average Bonchev–Trinajstić information content (AvgIpc) is 2.81. The Hall–Kier alpha value is -2.11. The maximum Gasteiger partial charge on any atom is 0.274 e. The zero-order valence-electron chi connectivity index (χ0n) is 14.1. The van der Waals surface area contributed by atoms with Gasteiger partial charge in [0.15, 0.2) is 0 Å². The van der Waals surface area contributed by atoms with Crippen molar-refractivity contribution in [2.24, 2.45) is 5.10 Å². The number of furan rings is 1. The highest BCUT2D eigenvalue weighted by Crippen LogP contribution is 2.09. The van der Waals surface area contributed by atoms with Crippen molar-refractivity contribution in [3.63, 3.8) is 0 Å². The highest BCUT2D eigenvalue weighted by atomic mass is 16.3. The third-order valence-electron chi connectivity index (χ3n) is 3.26. The van der Waals surface area contributed by atoms with E-state index in [1.807, 2.05) is 27.7 Å². The second kappa shape index (κ2) is 7.77. The molecule has 1 aromatic rings. The summed E-state index contributed by atoms with van der Waals surface area (Å²) >= 11 is 0. The van der Waals surface area contributed by atoms with Gasteiger partial charge in [0.05, 0.1) is 18.2 Å². The molecule has 0 atom stereocenters. The lowest BCUT2D eigenvalue weighted by atomic mass is 10.2. The van der Waals surface area contributed by atoms with Crippen molar-refractivity contribution in [1.29, 1.82) is 0 Å². The Morgan fingerprint density at radius 1 is 1.27 bits per heavy atom. The van der Waals surface area contributed by atoms with E-state index in [1.54, 1.807) is 24.8 Å². The Morgan fingerprint density at radius 3 is 2.32 bits per heavy atom. The molecule has 1 N–H and O–H groups in total. The van der Waals surface area contributed by atoms with Gasteiger partial charge < -0.3 is 9.32 Å². The average molecular weight is 307 g/mol. The van der Waals surface area contributed by atoms with E-state index in [2.05, 4.69) is 10.5 Å². The molecule has 0 aliphatic heterocycles. The zero-order chi connectivity index (χ0) is 16.9. The van der Waals surface area contributed by atoms with Crippen LogP contribution in [0.1, 0.15) is 57.2 Å². The Labute approximate surface area is 131 Å². The first-order chi connectivity index (χ1) is 10.2. The number of aryl methyl sites for hydroxylation is 1. The first-order valence-corrected chi connectivity index (χ1v) is 7.42. The summed E-state index contributed by atoms with van der Waals surface area (Å²) in [6.45, 7) is 11.3. The van der Waals surface area contributed by atoms with E-state index in [1.165, 1.54) is 6.26 Å². The van der Waals surface area contributed by atoms with Crippen molar-refractivity contribution in [3.8, 4) is 0 Å². The fraction of sp³-hybridized carbons (Fsp3) is 0.562. The van der Waals surface area contributed by atoms with Crippen LogP contribution in [-0.4, -0.2) is 34.5 Å². The van der Waals surface area contributed by atoms with Gasteiger partial charge in [-0.2, -0.15) is 5.10 Å². The second-order valence-corrected chi connectivity index (χ2v) is 5.84. The second-order valence-electron chi connectivity index (χ2n) is 5.84. The Balaban J connectivity index is 2.64. The zero-order valence-corrected chi connectivity index (χ0v) is 14.1. The molecule has 1 aromatic heterocycles. The van der Waals surface area contributed by atoms with Gasteiger partial charge in [-0.25, -0.2) is 5.43 Å². The number of nitrogens with one attached hydrogen (secondary N) is 1. The van der Waals surface area contributed by atoms with Crippen LogP contribution in [0.3, 0.4) is 0 Å². The number of carbonyl (C=O) groups is 2. The summed E-state index contributed by atoms with van der Waals surface area (Å²) in [5.41, 5.74) is 3.45. The molecule has 6 nitrogen and oxygen atoms in total. The van der Waals surface area contributed by atoms with Crippen LogP contribution in [0.15, 0.2) is 21.8 Å². The van der Waals surface area contributed by atoms with Crippen LogP contribution in [0.25, 0.3) is 0 Å². The molecule has 0 saturated heterocycles. The lowest BCUT2D eigenvalue weighted by molar-refractivity contribution is -0.133. The molecular weight excluding hydrogens is 282 g/mol. The predicted octanol–water partition coefficient (Wildman–Crippen LogP) is 2.73. The van der Waals surface area contributed by atoms with Gasteiger partial charge in [-0.1, -0.05) is 0 Å². The molecule has 0 unspecified atom stereocenters. The Morgan fingerprint density at radius 2 is 1.86 bits per heavy atom. The van der Waals surface area contributed by atoms with Crippen LogP contribution in [0, 0.1) is 6.92 Å². The van der Waals surface area contributed by atoms with Crippen LogP contribution in [0.5, 0.6) is 0 Å². The normalized spacial score (nSPS) is 11.9. The summed E-state index contributed by atoms with van der Waals surface area (Å²) in [6.07, 6.45) is 1.63. The van der Waals surface area contributed by atoms with Crippen molar-refractivity contribution >= 4 is 17.5 Å². The van der Waals surface area contributed by atoms with Gasteiger partial charge in [0.1, 0.15) is 5.76 Å². The molecule has 0 saturated carbocycles. The summed E-state index contributed by atoms with van der Waals surface area (Å²) in [5, 5.41) is 3.99. The highest BCUT2D eigenvalue weighted by Gasteiger charge is 2.20. The fourth-order valence-corrected chi connectivity index (χ4v) is 2.35. The van der Waals surface area contributed by atoms with E-state index in [4.69, 9.17) is 4.42 Å². The summed E-state index contributed by atoms with van der Waals surface area (Å²) in [6, 6.07) is 1.84. The molecule has 22 heavy (non-hydrogen) atoms. The Bertz CT molecular complexity index is 551. The molecular formula is C16H25N3O3. The van der Waals surface area contributed by atoms with E-state index in [-0.39, 0.29) is 30.3 Å². The van der Waals surface area contributed by atoms with Gasteiger partial charge in [-0.15, -0.1) is 0 Å². The van der Waals surface area contributed by atoms with E-state index in [9.17, 15) is 9.59 Å². The summed E-state index contributed by atoms with van der Waals surface area (Å²) < 4.78 is 5.07. The smallest absolute Gasteiger partial charge is 0.274 e. The molecule has 0 aliphatic rings. The first kappa shape index (κ1) is 17.9. The molecule has 1 heterocycles. The monoisotopic (exact) mass is 307 g/mol. The van der Waals surface area contributed by atoms with E-state index < -0.39 is 0 Å². The Kier molecular flexibility index (Phi) is 6.34. The summed E-state index contributed by atoms with van der Waals surface area (Å²) in [4.78, 5) is 26.0. The lowest BCUT2D eigenvalue weighted by Crippen LogP contribution is -2.42. The van der Waals surface area contributed by atoms with Gasteiger partial charge in [0.2, 0.25) is 5.91 Å². The molecule has 2 amide bonds. The SMILES string of the molecule is C/C(CC(=O)N(C(C)C)C(C)C)=N/NC(=O)c1ccoc1C. The number of carbonyl (C=O) groups excluding carboxylic acids is 2. The van der Waals surface area contributed by atoms with Crippen LogP contribution in [0.4, 0.5) is 0 Å². The standard InChI is InChI=1S/C16H25N3O3/c1-10(2)19(11(3)4)15(20)9-12(5)17-18-16(21)14-7-8-22-13(14)6/h7-8,10-11H,9H2,1-6H3,(H,18,21)/b17-12-. The van der Waals surface area contributed by atoms with Crippen molar-refractivity contribution in [2.45, 2.75) is 60.0 Å². The van der Waals surface area contributed by atoms with Gasteiger partial charge in [-0.3, -0.25) is 9.59 Å². The molecule has 1 rings (SSSR count). The number of nitrogens with zero attached hydrogens (tertiary/aromatic N) is 2. The predicted molar refractivity (Wildman–Crippen MR) is 85.8 cm³/mol. The highest BCUT2D eigenvalue weighted by molar-refractivity contribution is 6.01. The third-order valence-corrected chi connectivity index (χ3v) is 3.26. The van der Waals surface area contributed by atoms with Gasteiger partial charge in [0, 0.05) is 17.8 Å². The maximum absolute atomic E-state index is 12.3. The minimum absolute atomic E-state index is 0.00000866. The molecule has 6 heteroatoms. The number of amides is 2.